The molecule has 1 amide bonds. The maximum absolute atomic E-state index is 12.8. The lowest BCUT2D eigenvalue weighted by atomic mass is 10.1. The van der Waals surface area contributed by atoms with E-state index in [1.165, 1.54) is 18.3 Å². The largest absolute Gasteiger partial charge is 0.416 e. The minimum absolute atomic E-state index is 0.0292. The number of alkyl halides is 3. The molecule has 0 spiro atoms. The molecule has 0 aliphatic carbocycles. The van der Waals surface area contributed by atoms with Gasteiger partial charge in [0.2, 0.25) is 5.82 Å². The van der Waals surface area contributed by atoms with Gasteiger partial charge in [-0.05, 0) is 23.4 Å². The Labute approximate surface area is 161 Å². The lowest BCUT2D eigenvalue weighted by molar-refractivity contribution is -0.137. The normalized spacial score (nSPS) is 11.7. The Kier molecular flexibility index (Phi) is 5.69. The van der Waals surface area contributed by atoms with Crippen LogP contribution in [0.5, 0.6) is 0 Å². The fourth-order valence-corrected chi connectivity index (χ4v) is 2.36. The number of carbonyl (C=O) groups excluding carboxylic acids is 1. The predicted octanol–water partition coefficient (Wildman–Crippen LogP) is 3.16. The number of benzene rings is 2. The van der Waals surface area contributed by atoms with Gasteiger partial charge in [0.05, 0.1) is 11.8 Å². The molecule has 0 unspecified atom stereocenters. The second-order valence-electron chi connectivity index (χ2n) is 5.54. The van der Waals surface area contributed by atoms with E-state index in [1.54, 1.807) is 24.3 Å². The SMILES string of the molecule is O=C(Cn1nnc(-c2cccc(C(F)(F)F)c2)n1)N/N=C\c1ccccc1Cl. The summed E-state index contributed by atoms with van der Waals surface area (Å²) in [4.78, 5) is 12.8. The van der Waals surface area contributed by atoms with Crippen molar-refractivity contribution in [2.75, 3.05) is 0 Å². The minimum atomic E-state index is -4.48. The Morgan fingerprint density at radius 3 is 2.75 bits per heavy atom. The van der Waals surface area contributed by atoms with Crippen molar-refractivity contribution in [1.82, 2.24) is 25.6 Å². The number of nitrogens with zero attached hydrogens (tertiary/aromatic N) is 5. The molecule has 0 atom stereocenters. The van der Waals surface area contributed by atoms with Crippen molar-refractivity contribution in [1.29, 1.82) is 0 Å². The molecular weight excluding hydrogens is 397 g/mol. The summed E-state index contributed by atoms with van der Waals surface area (Å²) in [5.41, 5.74) is 2.21. The molecule has 11 heteroatoms. The molecule has 3 rings (SSSR count). The van der Waals surface area contributed by atoms with E-state index in [2.05, 4.69) is 25.9 Å². The molecular formula is C17H12ClF3N6O. The topological polar surface area (TPSA) is 85.1 Å². The van der Waals surface area contributed by atoms with Crippen LogP contribution in [0.25, 0.3) is 11.4 Å². The maximum Gasteiger partial charge on any atom is 0.416 e. The van der Waals surface area contributed by atoms with Crippen LogP contribution in [0.2, 0.25) is 5.02 Å². The summed E-state index contributed by atoms with van der Waals surface area (Å²) in [6, 6.07) is 11.4. The van der Waals surface area contributed by atoms with Gasteiger partial charge in [0.15, 0.2) is 0 Å². The fraction of sp³-hybridized carbons (Fsp3) is 0.118. The number of hydrogen-bond donors (Lipinski definition) is 1. The third-order valence-corrected chi connectivity index (χ3v) is 3.83. The molecule has 0 aliphatic rings. The molecule has 0 saturated heterocycles. The Bertz CT molecular complexity index is 1020. The number of aromatic nitrogens is 4. The Morgan fingerprint density at radius 1 is 1.21 bits per heavy atom. The summed E-state index contributed by atoms with van der Waals surface area (Å²) in [6.45, 7) is -0.314. The molecule has 1 N–H and O–H groups in total. The van der Waals surface area contributed by atoms with E-state index in [4.69, 9.17) is 11.6 Å². The predicted molar refractivity (Wildman–Crippen MR) is 95.4 cm³/mol. The van der Waals surface area contributed by atoms with Crippen molar-refractivity contribution < 1.29 is 18.0 Å². The van der Waals surface area contributed by atoms with Gasteiger partial charge in [0.25, 0.3) is 5.91 Å². The van der Waals surface area contributed by atoms with Gasteiger partial charge >= 0.3 is 6.18 Å². The average molecular weight is 409 g/mol. The highest BCUT2D eigenvalue weighted by molar-refractivity contribution is 6.33. The van der Waals surface area contributed by atoms with E-state index in [0.717, 1.165) is 16.9 Å². The Balaban J connectivity index is 1.63. The van der Waals surface area contributed by atoms with Crippen LogP contribution in [0.3, 0.4) is 0 Å². The molecule has 144 valence electrons. The Morgan fingerprint density at radius 2 is 2.00 bits per heavy atom. The third-order valence-electron chi connectivity index (χ3n) is 3.48. The standard InChI is InChI=1S/C17H12ClF3N6O/c18-14-7-2-1-4-12(14)9-22-23-15(28)10-27-25-16(24-26-27)11-5-3-6-13(8-11)17(19,20)21/h1-9H,10H2,(H,23,28)/b22-9-. The monoisotopic (exact) mass is 408 g/mol. The molecule has 1 heterocycles. The zero-order valence-electron chi connectivity index (χ0n) is 14.1. The van der Waals surface area contributed by atoms with Gasteiger partial charge in [-0.15, -0.1) is 10.2 Å². The van der Waals surface area contributed by atoms with Crippen molar-refractivity contribution in [3.05, 3.63) is 64.7 Å². The number of halogens is 4. The lowest BCUT2D eigenvalue weighted by Gasteiger charge is -2.06. The summed E-state index contributed by atoms with van der Waals surface area (Å²) < 4.78 is 38.4. The minimum Gasteiger partial charge on any atom is -0.271 e. The first-order chi connectivity index (χ1) is 13.3. The number of nitrogens with one attached hydrogen (secondary N) is 1. The summed E-state index contributed by atoms with van der Waals surface area (Å²) in [5.74, 6) is -0.574. The number of hydrogen-bond acceptors (Lipinski definition) is 5. The quantitative estimate of drug-likeness (QED) is 0.519. The van der Waals surface area contributed by atoms with Crippen LogP contribution in [0.15, 0.2) is 53.6 Å². The number of rotatable bonds is 5. The van der Waals surface area contributed by atoms with E-state index in [9.17, 15) is 18.0 Å². The van der Waals surface area contributed by atoms with Crippen molar-refractivity contribution in [2.45, 2.75) is 12.7 Å². The van der Waals surface area contributed by atoms with E-state index in [0.29, 0.717) is 10.6 Å². The molecule has 7 nitrogen and oxygen atoms in total. The van der Waals surface area contributed by atoms with Crippen LogP contribution in [-0.4, -0.2) is 32.3 Å². The lowest BCUT2D eigenvalue weighted by Crippen LogP contribution is -2.24. The van der Waals surface area contributed by atoms with E-state index in [1.807, 2.05) is 0 Å². The van der Waals surface area contributed by atoms with E-state index < -0.39 is 17.6 Å². The Hall–Kier alpha value is -3.27. The number of amides is 1. The summed E-state index contributed by atoms with van der Waals surface area (Å²) >= 11 is 5.96. The fourth-order valence-electron chi connectivity index (χ4n) is 2.18. The molecule has 2 aromatic carbocycles. The van der Waals surface area contributed by atoms with Gasteiger partial charge in [0, 0.05) is 16.1 Å². The van der Waals surface area contributed by atoms with Gasteiger partial charge in [-0.1, -0.05) is 41.9 Å². The van der Waals surface area contributed by atoms with Crippen molar-refractivity contribution in [3.8, 4) is 11.4 Å². The van der Waals surface area contributed by atoms with Gasteiger partial charge < -0.3 is 0 Å². The van der Waals surface area contributed by atoms with Crippen molar-refractivity contribution in [2.24, 2.45) is 5.10 Å². The van der Waals surface area contributed by atoms with E-state index in [-0.39, 0.29) is 17.9 Å². The number of tetrazole rings is 1. The zero-order valence-corrected chi connectivity index (χ0v) is 14.8. The highest BCUT2D eigenvalue weighted by atomic mass is 35.5. The van der Waals surface area contributed by atoms with Gasteiger partial charge in [-0.2, -0.15) is 23.1 Å². The van der Waals surface area contributed by atoms with Crippen LogP contribution in [0.1, 0.15) is 11.1 Å². The molecule has 0 bridgehead atoms. The number of hydrazone groups is 1. The van der Waals surface area contributed by atoms with Crippen LogP contribution in [-0.2, 0) is 17.5 Å². The number of carbonyl (C=O) groups is 1. The summed E-state index contributed by atoms with van der Waals surface area (Å²) in [7, 11) is 0. The molecule has 3 aromatic rings. The second-order valence-corrected chi connectivity index (χ2v) is 5.94. The summed E-state index contributed by atoms with van der Waals surface area (Å²) in [5, 5.41) is 15.5. The second kappa shape index (κ2) is 8.17. The molecule has 0 radical (unpaired) electrons. The maximum atomic E-state index is 12.8. The molecule has 0 saturated carbocycles. The van der Waals surface area contributed by atoms with E-state index >= 15 is 0 Å². The van der Waals surface area contributed by atoms with Crippen LogP contribution < -0.4 is 5.43 Å². The third kappa shape index (κ3) is 4.92. The van der Waals surface area contributed by atoms with Gasteiger partial charge in [0.1, 0.15) is 6.54 Å². The van der Waals surface area contributed by atoms with Crippen molar-refractivity contribution >= 4 is 23.7 Å². The van der Waals surface area contributed by atoms with Gasteiger partial charge in [-0.25, -0.2) is 5.43 Å². The average Bonchev–Trinajstić information content (AvgIpc) is 3.11. The first-order valence-electron chi connectivity index (χ1n) is 7.85. The van der Waals surface area contributed by atoms with Crippen LogP contribution in [0.4, 0.5) is 13.2 Å². The smallest absolute Gasteiger partial charge is 0.271 e. The zero-order chi connectivity index (χ0) is 20.1. The summed E-state index contributed by atoms with van der Waals surface area (Å²) in [6.07, 6.45) is -3.10. The highest BCUT2D eigenvalue weighted by Gasteiger charge is 2.30. The molecule has 1 aromatic heterocycles. The first kappa shape index (κ1) is 19.5. The van der Waals surface area contributed by atoms with Crippen molar-refractivity contribution in [3.63, 3.8) is 0 Å². The molecule has 28 heavy (non-hydrogen) atoms. The van der Waals surface area contributed by atoms with Crippen LogP contribution in [0, 0.1) is 0 Å². The molecule has 0 fully saturated rings. The molecule has 0 aliphatic heterocycles. The highest BCUT2D eigenvalue weighted by Crippen LogP contribution is 2.31. The van der Waals surface area contributed by atoms with Crippen LogP contribution >= 0.6 is 11.6 Å². The van der Waals surface area contributed by atoms with Gasteiger partial charge in [-0.3, -0.25) is 4.79 Å². The first-order valence-corrected chi connectivity index (χ1v) is 8.22.